The summed E-state index contributed by atoms with van der Waals surface area (Å²) in [5.41, 5.74) is 0. The van der Waals surface area contributed by atoms with Crippen LogP contribution in [0.2, 0.25) is 0 Å². The summed E-state index contributed by atoms with van der Waals surface area (Å²) in [6.45, 7) is 7.45. The average molecular weight is 279 g/mol. The second kappa shape index (κ2) is 7.26. The largest absolute Gasteiger partial charge is 0.464 e. The standard InChI is InChI=1S/C14H25N5O/c1-4-11(9-10-7-8-10)16-13-17-12(15-5-2)18-14(19-13)20-6-3/h10-11H,4-9H2,1-3H3,(H2,15,16,17,18,19). The van der Waals surface area contributed by atoms with Gasteiger partial charge in [0.25, 0.3) is 0 Å². The van der Waals surface area contributed by atoms with E-state index in [1.54, 1.807) is 0 Å². The molecule has 112 valence electrons. The predicted octanol–water partition coefficient (Wildman–Crippen LogP) is 2.69. The van der Waals surface area contributed by atoms with E-state index in [-0.39, 0.29) is 0 Å². The third-order valence-electron chi connectivity index (χ3n) is 3.36. The first-order chi connectivity index (χ1) is 9.75. The van der Waals surface area contributed by atoms with Gasteiger partial charge in [0, 0.05) is 12.6 Å². The topological polar surface area (TPSA) is 72.0 Å². The van der Waals surface area contributed by atoms with Gasteiger partial charge >= 0.3 is 6.01 Å². The highest BCUT2D eigenvalue weighted by Gasteiger charge is 2.25. The van der Waals surface area contributed by atoms with Crippen molar-refractivity contribution in [3.63, 3.8) is 0 Å². The Hall–Kier alpha value is -1.59. The summed E-state index contributed by atoms with van der Waals surface area (Å²) in [4.78, 5) is 12.9. The van der Waals surface area contributed by atoms with Crippen LogP contribution in [0.1, 0.15) is 46.5 Å². The first kappa shape index (κ1) is 14.8. The molecule has 1 unspecified atom stereocenters. The zero-order valence-electron chi connectivity index (χ0n) is 12.6. The lowest BCUT2D eigenvalue weighted by atomic mass is 10.1. The fraction of sp³-hybridized carbons (Fsp3) is 0.786. The average Bonchev–Trinajstić information content (AvgIpc) is 3.22. The van der Waals surface area contributed by atoms with Crippen LogP contribution in [-0.4, -0.2) is 34.1 Å². The Morgan fingerprint density at radius 2 is 1.90 bits per heavy atom. The molecule has 0 radical (unpaired) electrons. The van der Waals surface area contributed by atoms with Gasteiger partial charge in [0.05, 0.1) is 6.61 Å². The monoisotopic (exact) mass is 279 g/mol. The van der Waals surface area contributed by atoms with Crippen molar-refractivity contribution in [2.75, 3.05) is 23.8 Å². The van der Waals surface area contributed by atoms with E-state index in [0.717, 1.165) is 18.9 Å². The molecule has 0 aliphatic heterocycles. The van der Waals surface area contributed by atoms with Gasteiger partial charge in [-0.05, 0) is 32.6 Å². The number of anilines is 2. The highest BCUT2D eigenvalue weighted by molar-refractivity contribution is 5.36. The molecule has 0 aromatic carbocycles. The summed E-state index contributed by atoms with van der Waals surface area (Å²) in [5.74, 6) is 2.05. The first-order valence-corrected chi connectivity index (χ1v) is 7.64. The second-order valence-corrected chi connectivity index (χ2v) is 5.16. The zero-order chi connectivity index (χ0) is 14.4. The van der Waals surface area contributed by atoms with Crippen LogP contribution in [0.5, 0.6) is 6.01 Å². The van der Waals surface area contributed by atoms with Gasteiger partial charge in [0.15, 0.2) is 0 Å². The van der Waals surface area contributed by atoms with E-state index in [4.69, 9.17) is 4.74 Å². The van der Waals surface area contributed by atoms with E-state index in [1.807, 2.05) is 13.8 Å². The van der Waals surface area contributed by atoms with Crippen molar-refractivity contribution in [2.45, 2.75) is 52.5 Å². The van der Waals surface area contributed by atoms with Crippen molar-refractivity contribution in [1.29, 1.82) is 0 Å². The van der Waals surface area contributed by atoms with E-state index < -0.39 is 0 Å². The zero-order valence-corrected chi connectivity index (χ0v) is 12.6. The van der Waals surface area contributed by atoms with Gasteiger partial charge in [-0.3, -0.25) is 0 Å². The Balaban J connectivity index is 2.06. The number of rotatable bonds is 9. The third kappa shape index (κ3) is 4.51. The van der Waals surface area contributed by atoms with E-state index >= 15 is 0 Å². The molecule has 1 aromatic rings. The van der Waals surface area contributed by atoms with Gasteiger partial charge in [0.1, 0.15) is 0 Å². The predicted molar refractivity (Wildman–Crippen MR) is 80.2 cm³/mol. The van der Waals surface area contributed by atoms with Crippen molar-refractivity contribution in [3.8, 4) is 6.01 Å². The minimum atomic E-state index is 0.377. The number of hydrogen-bond acceptors (Lipinski definition) is 6. The summed E-state index contributed by atoms with van der Waals surface area (Å²) in [6, 6.07) is 0.802. The molecule has 1 aliphatic rings. The normalized spacial score (nSPS) is 15.8. The summed E-state index contributed by atoms with van der Waals surface area (Å²) >= 11 is 0. The van der Waals surface area contributed by atoms with Crippen molar-refractivity contribution in [2.24, 2.45) is 5.92 Å². The van der Waals surface area contributed by atoms with Gasteiger partial charge in [-0.2, -0.15) is 15.0 Å². The summed E-state index contributed by atoms with van der Waals surface area (Å²) < 4.78 is 5.40. The molecular weight excluding hydrogens is 254 g/mol. The second-order valence-electron chi connectivity index (χ2n) is 5.16. The van der Waals surface area contributed by atoms with Gasteiger partial charge in [-0.15, -0.1) is 0 Å². The third-order valence-corrected chi connectivity index (χ3v) is 3.36. The minimum Gasteiger partial charge on any atom is -0.464 e. The van der Waals surface area contributed by atoms with Crippen LogP contribution in [0.4, 0.5) is 11.9 Å². The van der Waals surface area contributed by atoms with Crippen LogP contribution in [0.25, 0.3) is 0 Å². The molecule has 1 aromatic heterocycles. The maximum absolute atomic E-state index is 5.40. The Kier molecular flexibility index (Phi) is 5.38. The number of nitrogens with zero attached hydrogens (tertiary/aromatic N) is 3. The lowest BCUT2D eigenvalue weighted by Crippen LogP contribution is -2.21. The van der Waals surface area contributed by atoms with Gasteiger partial charge in [0.2, 0.25) is 11.9 Å². The Labute approximate surface area is 120 Å². The van der Waals surface area contributed by atoms with Gasteiger partial charge in [-0.1, -0.05) is 19.8 Å². The van der Waals surface area contributed by atoms with E-state index in [0.29, 0.717) is 30.6 Å². The van der Waals surface area contributed by atoms with Gasteiger partial charge < -0.3 is 15.4 Å². The van der Waals surface area contributed by atoms with Crippen LogP contribution in [0, 0.1) is 5.92 Å². The molecule has 20 heavy (non-hydrogen) atoms. The van der Waals surface area contributed by atoms with Crippen molar-refractivity contribution >= 4 is 11.9 Å². The maximum atomic E-state index is 5.40. The molecule has 1 heterocycles. The van der Waals surface area contributed by atoms with Crippen LogP contribution < -0.4 is 15.4 Å². The molecule has 1 atom stereocenters. The van der Waals surface area contributed by atoms with Crippen LogP contribution >= 0.6 is 0 Å². The van der Waals surface area contributed by atoms with Gasteiger partial charge in [-0.25, -0.2) is 0 Å². The molecule has 6 heteroatoms. The lowest BCUT2D eigenvalue weighted by Gasteiger charge is -2.17. The molecule has 0 saturated heterocycles. The van der Waals surface area contributed by atoms with E-state index in [2.05, 4.69) is 32.5 Å². The first-order valence-electron chi connectivity index (χ1n) is 7.64. The van der Waals surface area contributed by atoms with E-state index in [1.165, 1.54) is 19.3 Å². The Bertz CT molecular complexity index is 398. The highest BCUT2D eigenvalue weighted by Crippen LogP contribution is 2.34. The molecule has 2 rings (SSSR count). The molecule has 1 aliphatic carbocycles. The highest BCUT2D eigenvalue weighted by atomic mass is 16.5. The summed E-state index contributed by atoms with van der Waals surface area (Å²) in [5, 5.41) is 6.52. The summed E-state index contributed by atoms with van der Waals surface area (Å²) in [7, 11) is 0. The summed E-state index contributed by atoms with van der Waals surface area (Å²) in [6.07, 6.45) is 5.00. The number of hydrogen-bond donors (Lipinski definition) is 2. The number of ether oxygens (including phenoxy) is 1. The smallest absolute Gasteiger partial charge is 0.323 e. The number of nitrogens with one attached hydrogen (secondary N) is 2. The molecule has 1 saturated carbocycles. The quantitative estimate of drug-likeness (QED) is 0.724. The molecule has 1 fully saturated rings. The maximum Gasteiger partial charge on any atom is 0.323 e. The van der Waals surface area contributed by atoms with E-state index in [9.17, 15) is 0 Å². The minimum absolute atomic E-state index is 0.377. The van der Waals surface area contributed by atoms with Crippen LogP contribution in [0.3, 0.4) is 0 Å². The lowest BCUT2D eigenvalue weighted by molar-refractivity contribution is 0.312. The number of aromatic nitrogens is 3. The molecular formula is C14H25N5O. The van der Waals surface area contributed by atoms with Crippen LogP contribution in [-0.2, 0) is 0 Å². The Morgan fingerprint density at radius 3 is 2.50 bits per heavy atom. The molecule has 0 bridgehead atoms. The molecule has 0 amide bonds. The Morgan fingerprint density at radius 1 is 1.15 bits per heavy atom. The fourth-order valence-electron chi connectivity index (χ4n) is 2.12. The SMILES string of the molecule is CCNc1nc(NC(CC)CC2CC2)nc(OCC)n1. The fourth-order valence-corrected chi connectivity index (χ4v) is 2.12. The molecule has 6 nitrogen and oxygen atoms in total. The van der Waals surface area contributed by atoms with Crippen LogP contribution in [0.15, 0.2) is 0 Å². The van der Waals surface area contributed by atoms with Crippen molar-refractivity contribution in [3.05, 3.63) is 0 Å². The molecule has 0 spiro atoms. The van der Waals surface area contributed by atoms with Crippen molar-refractivity contribution < 1.29 is 4.74 Å². The van der Waals surface area contributed by atoms with Crippen molar-refractivity contribution in [1.82, 2.24) is 15.0 Å². The molecule has 2 N–H and O–H groups in total.